The van der Waals surface area contributed by atoms with Crippen molar-refractivity contribution in [1.29, 1.82) is 0 Å². The monoisotopic (exact) mass is 390 g/mol. The number of nitrogens with one attached hydrogen (secondary N) is 2. The number of hydrogen-bond acceptors (Lipinski definition) is 7. The molecular formula is C19H18N8O2. The molecule has 0 fully saturated rings. The number of carbonyl (C=O) groups is 1. The number of aliphatic hydroxyl groups excluding tert-OH is 1. The van der Waals surface area contributed by atoms with Crippen LogP contribution >= 0.6 is 0 Å². The second kappa shape index (κ2) is 7.98. The maximum atomic E-state index is 12.3. The molecule has 1 atom stereocenters. The van der Waals surface area contributed by atoms with Crippen LogP contribution in [0.3, 0.4) is 0 Å². The molecule has 4 rings (SSSR count). The zero-order valence-corrected chi connectivity index (χ0v) is 15.5. The number of urea groups is 1. The molecule has 146 valence electrons. The highest BCUT2D eigenvalue weighted by Gasteiger charge is 2.14. The number of pyridine rings is 1. The van der Waals surface area contributed by atoms with Gasteiger partial charge in [0.15, 0.2) is 11.6 Å². The van der Waals surface area contributed by atoms with E-state index in [1.54, 1.807) is 22.8 Å². The van der Waals surface area contributed by atoms with Gasteiger partial charge in [-0.3, -0.25) is 15.6 Å². The summed E-state index contributed by atoms with van der Waals surface area (Å²) in [6, 6.07) is 11.9. The summed E-state index contributed by atoms with van der Waals surface area (Å²) in [5.74, 6) is 1.16. The maximum absolute atomic E-state index is 12.3. The van der Waals surface area contributed by atoms with E-state index in [2.05, 4.69) is 35.8 Å². The number of benzene rings is 1. The molecule has 0 saturated heterocycles. The molecule has 1 unspecified atom stereocenters. The standard InChI is InChI=1S/C19H18N8O2/c1-12(10-28)27-11-21-26-18(27)15-7-4-8-16(23-15)24-19(29)25-17-9-20-13-5-2-3-6-14(13)22-17/h2-9,11-12,28H,10H2,1H3,(H2,22,23,24,25,29). The van der Waals surface area contributed by atoms with Crippen LogP contribution in [-0.4, -0.2) is 47.5 Å². The average molecular weight is 390 g/mol. The van der Waals surface area contributed by atoms with Crippen LogP contribution in [0.2, 0.25) is 0 Å². The van der Waals surface area contributed by atoms with Crippen molar-refractivity contribution in [3.05, 3.63) is 55.0 Å². The minimum atomic E-state index is -0.496. The summed E-state index contributed by atoms with van der Waals surface area (Å²) in [6.07, 6.45) is 3.02. The van der Waals surface area contributed by atoms with Crippen molar-refractivity contribution in [2.24, 2.45) is 0 Å². The van der Waals surface area contributed by atoms with Crippen molar-refractivity contribution in [3.8, 4) is 11.5 Å². The third-order valence-electron chi connectivity index (χ3n) is 4.22. The Hall–Kier alpha value is -3.92. The van der Waals surface area contributed by atoms with Gasteiger partial charge in [0, 0.05) is 0 Å². The first kappa shape index (κ1) is 18.4. The summed E-state index contributed by atoms with van der Waals surface area (Å²) in [4.78, 5) is 25.4. The van der Waals surface area contributed by atoms with Crippen molar-refractivity contribution in [2.75, 3.05) is 17.2 Å². The highest BCUT2D eigenvalue weighted by atomic mass is 16.3. The van der Waals surface area contributed by atoms with E-state index in [1.165, 1.54) is 12.5 Å². The number of amides is 2. The van der Waals surface area contributed by atoms with Crippen LogP contribution in [0.25, 0.3) is 22.6 Å². The van der Waals surface area contributed by atoms with Crippen LogP contribution in [-0.2, 0) is 0 Å². The van der Waals surface area contributed by atoms with Crippen molar-refractivity contribution in [2.45, 2.75) is 13.0 Å². The molecule has 1 aromatic carbocycles. The fraction of sp³-hybridized carbons (Fsp3) is 0.158. The number of rotatable bonds is 5. The van der Waals surface area contributed by atoms with Crippen molar-refractivity contribution >= 4 is 28.7 Å². The Bertz CT molecular complexity index is 1160. The summed E-state index contributed by atoms with van der Waals surface area (Å²) in [5.41, 5.74) is 1.95. The number of anilines is 2. The smallest absolute Gasteiger partial charge is 0.326 e. The Morgan fingerprint density at radius 1 is 1.07 bits per heavy atom. The second-order valence-electron chi connectivity index (χ2n) is 6.32. The SMILES string of the molecule is CC(CO)n1cnnc1-c1cccc(NC(=O)Nc2cnc3ccccc3n2)n1. The predicted molar refractivity (Wildman–Crippen MR) is 107 cm³/mol. The fourth-order valence-electron chi connectivity index (χ4n) is 2.75. The summed E-state index contributed by atoms with van der Waals surface area (Å²) < 4.78 is 1.72. The molecule has 0 radical (unpaired) electrons. The van der Waals surface area contributed by atoms with Gasteiger partial charge in [-0.15, -0.1) is 10.2 Å². The maximum Gasteiger partial charge on any atom is 0.326 e. The molecule has 10 heteroatoms. The van der Waals surface area contributed by atoms with Crippen LogP contribution in [0.15, 0.2) is 55.0 Å². The van der Waals surface area contributed by atoms with Crippen LogP contribution in [0.5, 0.6) is 0 Å². The summed E-state index contributed by atoms with van der Waals surface area (Å²) in [6.45, 7) is 1.78. The molecule has 3 heterocycles. The normalized spacial score (nSPS) is 11.9. The first-order valence-corrected chi connectivity index (χ1v) is 8.91. The van der Waals surface area contributed by atoms with Gasteiger partial charge in [-0.2, -0.15) is 0 Å². The van der Waals surface area contributed by atoms with Crippen LogP contribution in [0.4, 0.5) is 16.4 Å². The highest BCUT2D eigenvalue weighted by molar-refractivity contribution is 5.99. The molecule has 0 spiro atoms. The van der Waals surface area contributed by atoms with E-state index in [1.807, 2.05) is 31.2 Å². The van der Waals surface area contributed by atoms with E-state index in [4.69, 9.17) is 0 Å². The van der Waals surface area contributed by atoms with Crippen molar-refractivity contribution in [3.63, 3.8) is 0 Å². The van der Waals surface area contributed by atoms with Crippen molar-refractivity contribution < 1.29 is 9.90 Å². The van der Waals surface area contributed by atoms with E-state index in [0.29, 0.717) is 28.7 Å². The molecule has 3 N–H and O–H groups in total. The minimum Gasteiger partial charge on any atom is -0.394 e. The fourth-order valence-corrected chi connectivity index (χ4v) is 2.75. The van der Waals surface area contributed by atoms with E-state index in [9.17, 15) is 9.90 Å². The van der Waals surface area contributed by atoms with Gasteiger partial charge < -0.3 is 9.67 Å². The van der Waals surface area contributed by atoms with Gasteiger partial charge in [-0.25, -0.2) is 14.8 Å². The number of carbonyl (C=O) groups excluding carboxylic acids is 1. The van der Waals surface area contributed by atoms with Gasteiger partial charge in [-0.1, -0.05) is 18.2 Å². The largest absolute Gasteiger partial charge is 0.394 e. The highest BCUT2D eigenvalue weighted by Crippen LogP contribution is 2.20. The van der Waals surface area contributed by atoms with Gasteiger partial charge in [0.1, 0.15) is 17.8 Å². The molecule has 10 nitrogen and oxygen atoms in total. The van der Waals surface area contributed by atoms with Gasteiger partial charge in [0.25, 0.3) is 0 Å². The number of fused-ring (bicyclic) bond motifs is 1. The molecule has 4 aromatic rings. The summed E-state index contributed by atoms with van der Waals surface area (Å²) >= 11 is 0. The third-order valence-corrected chi connectivity index (χ3v) is 4.22. The number of aromatic nitrogens is 6. The predicted octanol–water partition coefficient (Wildman–Crippen LogP) is 2.48. The molecule has 0 aliphatic carbocycles. The van der Waals surface area contributed by atoms with Crippen molar-refractivity contribution in [1.82, 2.24) is 29.7 Å². The van der Waals surface area contributed by atoms with Crippen LogP contribution < -0.4 is 10.6 Å². The van der Waals surface area contributed by atoms with E-state index < -0.39 is 6.03 Å². The lowest BCUT2D eigenvalue weighted by Crippen LogP contribution is -2.21. The molecule has 0 bridgehead atoms. The Balaban J connectivity index is 1.50. The van der Waals surface area contributed by atoms with Crippen LogP contribution in [0, 0.1) is 0 Å². The molecule has 0 saturated carbocycles. The number of hydrogen-bond donors (Lipinski definition) is 3. The Kier molecular flexibility index (Phi) is 5.08. The number of para-hydroxylation sites is 2. The van der Waals surface area contributed by atoms with Gasteiger partial charge >= 0.3 is 6.03 Å². The number of nitrogens with zero attached hydrogens (tertiary/aromatic N) is 6. The third kappa shape index (κ3) is 4.01. The second-order valence-corrected chi connectivity index (χ2v) is 6.32. The Morgan fingerprint density at radius 3 is 2.69 bits per heavy atom. The quantitative estimate of drug-likeness (QED) is 0.477. The Labute approximate surface area is 165 Å². The minimum absolute atomic E-state index is 0.0574. The lowest BCUT2D eigenvalue weighted by molar-refractivity contribution is 0.239. The lowest BCUT2D eigenvalue weighted by Gasteiger charge is -2.12. The van der Waals surface area contributed by atoms with Crippen LogP contribution in [0.1, 0.15) is 13.0 Å². The molecule has 0 aliphatic heterocycles. The molecule has 2 amide bonds. The van der Waals surface area contributed by atoms with Gasteiger partial charge in [0.05, 0.1) is 29.9 Å². The first-order valence-electron chi connectivity index (χ1n) is 8.91. The first-order chi connectivity index (χ1) is 14.1. The van der Waals surface area contributed by atoms with E-state index >= 15 is 0 Å². The van der Waals surface area contributed by atoms with E-state index in [0.717, 1.165) is 5.52 Å². The summed E-state index contributed by atoms with van der Waals surface area (Å²) in [5, 5.41) is 22.6. The molecule has 0 aliphatic rings. The molecule has 3 aromatic heterocycles. The lowest BCUT2D eigenvalue weighted by atomic mass is 10.3. The molecule has 29 heavy (non-hydrogen) atoms. The topological polar surface area (TPSA) is 131 Å². The average Bonchev–Trinajstić information content (AvgIpc) is 3.23. The summed E-state index contributed by atoms with van der Waals surface area (Å²) in [7, 11) is 0. The molecular weight excluding hydrogens is 372 g/mol. The number of aliphatic hydroxyl groups is 1. The zero-order valence-electron chi connectivity index (χ0n) is 15.5. The van der Waals surface area contributed by atoms with E-state index in [-0.39, 0.29) is 12.6 Å². The van der Waals surface area contributed by atoms with Gasteiger partial charge in [0.2, 0.25) is 0 Å². The Morgan fingerprint density at radius 2 is 1.86 bits per heavy atom. The zero-order chi connectivity index (χ0) is 20.2. The van der Waals surface area contributed by atoms with Gasteiger partial charge in [-0.05, 0) is 31.2 Å².